The summed E-state index contributed by atoms with van der Waals surface area (Å²) in [6.07, 6.45) is -4.59. The van der Waals surface area contributed by atoms with E-state index in [4.69, 9.17) is 0 Å². The molecule has 0 atom stereocenters. The molecule has 0 radical (unpaired) electrons. The minimum Gasteiger partial charge on any atom is -0.379 e. The van der Waals surface area contributed by atoms with Gasteiger partial charge in [0.05, 0.1) is 10.5 Å². The fourth-order valence-electron chi connectivity index (χ4n) is 1.37. The zero-order valence-corrected chi connectivity index (χ0v) is 10.8. The van der Waals surface area contributed by atoms with Crippen LogP contribution in [0.3, 0.4) is 0 Å². The van der Waals surface area contributed by atoms with Gasteiger partial charge in [-0.25, -0.2) is 0 Å². The Morgan fingerprint density at radius 1 is 1.26 bits per heavy atom. The lowest BCUT2D eigenvalue weighted by atomic mass is 9.97. The van der Waals surface area contributed by atoms with E-state index in [1.54, 1.807) is 0 Å². The molecular formula is C12H15F3N2O2. The molecule has 0 saturated heterocycles. The summed E-state index contributed by atoms with van der Waals surface area (Å²) in [5.74, 6) is 0. The largest absolute Gasteiger partial charge is 0.416 e. The molecule has 0 spiro atoms. The minimum atomic E-state index is -4.59. The van der Waals surface area contributed by atoms with Crippen LogP contribution in [0.1, 0.15) is 26.3 Å². The highest BCUT2D eigenvalue weighted by Crippen LogP contribution is 2.35. The fraction of sp³-hybridized carbons (Fsp3) is 0.500. The average Bonchev–Trinajstić information content (AvgIpc) is 2.23. The van der Waals surface area contributed by atoms with Crippen LogP contribution >= 0.6 is 0 Å². The van der Waals surface area contributed by atoms with E-state index in [9.17, 15) is 23.3 Å². The quantitative estimate of drug-likeness (QED) is 0.668. The van der Waals surface area contributed by atoms with Crippen molar-refractivity contribution in [1.29, 1.82) is 0 Å². The van der Waals surface area contributed by atoms with E-state index in [-0.39, 0.29) is 11.1 Å². The first-order valence-electron chi connectivity index (χ1n) is 5.60. The van der Waals surface area contributed by atoms with Crippen molar-refractivity contribution >= 4 is 11.4 Å². The van der Waals surface area contributed by atoms with Crippen molar-refractivity contribution in [2.45, 2.75) is 26.9 Å². The van der Waals surface area contributed by atoms with Crippen molar-refractivity contribution in [1.82, 2.24) is 0 Å². The van der Waals surface area contributed by atoms with E-state index in [1.807, 2.05) is 20.8 Å². The Morgan fingerprint density at radius 2 is 1.84 bits per heavy atom. The van der Waals surface area contributed by atoms with Crippen molar-refractivity contribution in [3.8, 4) is 0 Å². The Balaban J connectivity index is 3.09. The normalized spacial score (nSPS) is 12.3. The molecule has 1 aromatic rings. The Kier molecular flexibility index (Phi) is 4.07. The fourth-order valence-corrected chi connectivity index (χ4v) is 1.37. The van der Waals surface area contributed by atoms with Gasteiger partial charge in [0, 0.05) is 12.6 Å². The number of nitro groups is 1. The standard InChI is InChI=1S/C12H15F3N2O2/c1-11(2,3)7-16-9-5-4-8(12(13,14)15)6-10(9)17(18)19/h4-6,16H,7H2,1-3H3. The molecule has 1 rings (SSSR count). The van der Waals surface area contributed by atoms with Crippen LogP contribution in [0.4, 0.5) is 24.5 Å². The van der Waals surface area contributed by atoms with Gasteiger partial charge in [-0.3, -0.25) is 10.1 Å². The SMILES string of the molecule is CC(C)(C)CNc1ccc(C(F)(F)F)cc1[N+](=O)[O-]. The Labute approximate surface area is 108 Å². The van der Waals surface area contributed by atoms with Crippen LogP contribution in [-0.2, 0) is 6.18 Å². The summed E-state index contributed by atoms with van der Waals surface area (Å²) in [5, 5.41) is 13.6. The second-order valence-corrected chi connectivity index (χ2v) is 5.40. The number of nitro benzene ring substituents is 1. The van der Waals surface area contributed by atoms with Crippen molar-refractivity contribution in [2.24, 2.45) is 5.41 Å². The maximum atomic E-state index is 12.5. The molecule has 19 heavy (non-hydrogen) atoms. The molecule has 0 heterocycles. The third kappa shape index (κ3) is 4.42. The van der Waals surface area contributed by atoms with E-state index in [0.29, 0.717) is 12.6 Å². The van der Waals surface area contributed by atoms with E-state index >= 15 is 0 Å². The van der Waals surface area contributed by atoms with Gasteiger partial charge in [0.25, 0.3) is 5.69 Å². The predicted octanol–water partition coefficient (Wildman–Crippen LogP) is 4.07. The maximum absolute atomic E-state index is 12.5. The molecule has 0 saturated carbocycles. The number of halogens is 3. The van der Waals surface area contributed by atoms with Crippen LogP contribution in [0.25, 0.3) is 0 Å². The van der Waals surface area contributed by atoms with Crippen LogP contribution in [0, 0.1) is 15.5 Å². The summed E-state index contributed by atoms with van der Waals surface area (Å²) in [7, 11) is 0. The highest BCUT2D eigenvalue weighted by Gasteiger charge is 2.33. The van der Waals surface area contributed by atoms with Crippen LogP contribution in [-0.4, -0.2) is 11.5 Å². The van der Waals surface area contributed by atoms with Crippen LogP contribution < -0.4 is 5.32 Å². The van der Waals surface area contributed by atoms with Gasteiger partial charge in [-0.2, -0.15) is 13.2 Å². The number of alkyl halides is 3. The summed E-state index contributed by atoms with van der Waals surface area (Å²) < 4.78 is 37.5. The Hall–Kier alpha value is -1.79. The number of rotatable bonds is 3. The molecule has 0 aliphatic carbocycles. The molecule has 1 N–H and O–H groups in total. The smallest absolute Gasteiger partial charge is 0.379 e. The monoisotopic (exact) mass is 276 g/mol. The topological polar surface area (TPSA) is 55.2 Å². The van der Waals surface area contributed by atoms with Crippen molar-refractivity contribution in [3.05, 3.63) is 33.9 Å². The molecule has 0 bridgehead atoms. The van der Waals surface area contributed by atoms with Gasteiger partial charge in [-0.15, -0.1) is 0 Å². The summed E-state index contributed by atoms with van der Waals surface area (Å²) in [5.41, 5.74) is -1.65. The van der Waals surface area contributed by atoms with Crippen molar-refractivity contribution < 1.29 is 18.1 Å². The summed E-state index contributed by atoms with van der Waals surface area (Å²) in [4.78, 5) is 10.0. The average molecular weight is 276 g/mol. The first-order valence-corrected chi connectivity index (χ1v) is 5.60. The summed E-state index contributed by atoms with van der Waals surface area (Å²) in [6.45, 7) is 6.15. The van der Waals surface area contributed by atoms with E-state index in [2.05, 4.69) is 5.32 Å². The lowest BCUT2D eigenvalue weighted by Crippen LogP contribution is -2.19. The van der Waals surface area contributed by atoms with Gasteiger partial charge in [-0.05, 0) is 17.5 Å². The van der Waals surface area contributed by atoms with Crippen molar-refractivity contribution in [2.75, 3.05) is 11.9 Å². The van der Waals surface area contributed by atoms with E-state index in [1.165, 1.54) is 0 Å². The second kappa shape index (κ2) is 5.07. The Bertz CT molecular complexity index is 479. The van der Waals surface area contributed by atoms with E-state index < -0.39 is 22.4 Å². The maximum Gasteiger partial charge on any atom is 0.416 e. The molecule has 4 nitrogen and oxygen atoms in total. The van der Waals surface area contributed by atoms with Gasteiger partial charge in [-0.1, -0.05) is 20.8 Å². The predicted molar refractivity (Wildman–Crippen MR) is 66.0 cm³/mol. The lowest BCUT2D eigenvalue weighted by Gasteiger charge is -2.19. The van der Waals surface area contributed by atoms with Gasteiger partial charge >= 0.3 is 6.18 Å². The minimum absolute atomic E-state index is 0.0907. The molecule has 0 amide bonds. The number of hydrogen-bond acceptors (Lipinski definition) is 3. The first-order chi connectivity index (χ1) is 8.50. The van der Waals surface area contributed by atoms with Crippen LogP contribution in [0.2, 0.25) is 0 Å². The molecule has 0 aromatic heterocycles. The summed E-state index contributed by atoms with van der Waals surface area (Å²) >= 11 is 0. The van der Waals surface area contributed by atoms with Crippen LogP contribution in [0.5, 0.6) is 0 Å². The Morgan fingerprint density at radius 3 is 2.26 bits per heavy atom. The second-order valence-electron chi connectivity index (χ2n) is 5.40. The van der Waals surface area contributed by atoms with Gasteiger partial charge in [0.2, 0.25) is 0 Å². The number of nitrogens with one attached hydrogen (secondary N) is 1. The first kappa shape index (κ1) is 15.3. The third-order valence-electron chi connectivity index (χ3n) is 2.33. The third-order valence-corrected chi connectivity index (χ3v) is 2.33. The van der Waals surface area contributed by atoms with Gasteiger partial charge in [0.15, 0.2) is 0 Å². The number of anilines is 1. The van der Waals surface area contributed by atoms with Crippen LogP contribution in [0.15, 0.2) is 18.2 Å². The van der Waals surface area contributed by atoms with Gasteiger partial charge < -0.3 is 5.32 Å². The molecular weight excluding hydrogens is 261 g/mol. The van der Waals surface area contributed by atoms with Gasteiger partial charge in [0.1, 0.15) is 5.69 Å². The molecule has 106 valence electrons. The number of nitrogens with zero attached hydrogens (tertiary/aromatic N) is 1. The highest BCUT2D eigenvalue weighted by atomic mass is 19.4. The molecule has 1 aromatic carbocycles. The lowest BCUT2D eigenvalue weighted by molar-refractivity contribution is -0.384. The molecule has 0 fully saturated rings. The molecule has 0 aliphatic rings. The molecule has 0 unspecified atom stereocenters. The van der Waals surface area contributed by atoms with Crippen molar-refractivity contribution in [3.63, 3.8) is 0 Å². The molecule has 0 aliphatic heterocycles. The summed E-state index contributed by atoms with van der Waals surface area (Å²) in [6, 6.07) is 2.47. The number of benzene rings is 1. The van der Waals surface area contributed by atoms with E-state index in [0.717, 1.165) is 12.1 Å². The number of hydrogen-bond donors (Lipinski definition) is 1. The zero-order chi connectivity index (χ0) is 14.8. The molecule has 7 heteroatoms. The highest BCUT2D eigenvalue weighted by molar-refractivity contribution is 5.63. The zero-order valence-electron chi connectivity index (χ0n) is 10.8.